The number of hydrogen-bond acceptors (Lipinski definition) is 2. The highest BCUT2D eigenvalue weighted by atomic mass is 79.9. The van der Waals surface area contributed by atoms with Crippen LogP contribution in [0.1, 0.15) is 5.56 Å². The molecule has 1 aromatic carbocycles. The highest BCUT2D eigenvalue weighted by molar-refractivity contribution is 9.10. The second kappa shape index (κ2) is 4.95. The third-order valence-electron chi connectivity index (χ3n) is 1.90. The van der Waals surface area contributed by atoms with Gasteiger partial charge in [-0.05, 0) is 24.6 Å². The fourth-order valence-corrected chi connectivity index (χ4v) is 2.91. The van der Waals surface area contributed by atoms with Gasteiger partial charge in [-0.1, -0.05) is 22.0 Å². The van der Waals surface area contributed by atoms with Gasteiger partial charge in [0.25, 0.3) is 0 Å². The van der Waals surface area contributed by atoms with Crippen molar-refractivity contribution in [3.63, 3.8) is 0 Å². The van der Waals surface area contributed by atoms with Gasteiger partial charge in [-0.15, -0.1) is 0 Å². The molecule has 0 aliphatic rings. The first-order chi connectivity index (χ1) is 7.62. The van der Waals surface area contributed by atoms with E-state index in [1.54, 1.807) is 6.07 Å². The molecule has 0 bridgehead atoms. The highest BCUT2D eigenvalue weighted by Crippen LogP contribution is 2.21. The van der Waals surface area contributed by atoms with E-state index in [0.717, 1.165) is 0 Å². The van der Waals surface area contributed by atoms with E-state index < -0.39 is 22.7 Å². The molecule has 0 aliphatic heterocycles. The standard InChI is InChI=1S/C9H9BrF3NO2S/c1-6-2-3-7(10)4-8(6)17(15,16)14-5-9(11,12)13/h2-4,14H,5H2,1H3. The molecule has 0 saturated heterocycles. The van der Waals surface area contributed by atoms with Crippen LogP contribution < -0.4 is 4.72 Å². The number of nitrogens with one attached hydrogen (secondary N) is 1. The quantitative estimate of drug-likeness (QED) is 0.925. The van der Waals surface area contributed by atoms with Crippen LogP contribution in [0.5, 0.6) is 0 Å². The van der Waals surface area contributed by atoms with Gasteiger partial charge < -0.3 is 0 Å². The Labute approximate surface area is 105 Å². The lowest BCUT2D eigenvalue weighted by molar-refractivity contribution is -0.121. The van der Waals surface area contributed by atoms with E-state index in [-0.39, 0.29) is 4.90 Å². The smallest absolute Gasteiger partial charge is 0.207 e. The first kappa shape index (κ1) is 14.5. The number of aryl methyl sites for hydroxylation is 1. The predicted molar refractivity (Wildman–Crippen MR) is 60.1 cm³/mol. The maximum atomic E-state index is 11.9. The SMILES string of the molecule is Cc1ccc(Br)cc1S(=O)(=O)NCC(F)(F)F. The second-order valence-electron chi connectivity index (χ2n) is 3.35. The molecule has 1 N–H and O–H groups in total. The molecule has 0 fully saturated rings. The van der Waals surface area contributed by atoms with Crippen LogP contribution in [0.4, 0.5) is 13.2 Å². The molecule has 0 amide bonds. The van der Waals surface area contributed by atoms with Crippen molar-refractivity contribution < 1.29 is 21.6 Å². The van der Waals surface area contributed by atoms with Gasteiger partial charge in [-0.25, -0.2) is 13.1 Å². The Morgan fingerprint density at radius 2 is 1.94 bits per heavy atom. The number of hydrogen-bond donors (Lipinski definition) is 1. The molecular formula is C9H9BrF3NO2S. The van der Waals surface area contributed by atoms with Crippen LogP contribution in [0.15, 0.2) is 27.6 Å². The summed E-state index contributed by atoms with van der Waals surface area (Å²) in [5.74, 6) is 0. The van der Waals surface area contributed by atoms with Gasteiger partial charge in [0.15, 0.2) is 0 Å². The fourth-order valence-electron chi connectivity index (χ4n) is 1.12. The summed E-state index contributed by atoms with van der Waals surface area (Å²) in [6.07, 6.45) is -4.58. The summed E-state index contributed by atoms with van der Waals surface area (Å²) in [4.78, 5) is -0.170. The number of sulfonamides is 1. The molecule has 3 nitrogen and oxygen atoms in total. The maximum Gasteiger partial charge on any atom is 0.402 e. The van der Waals surface area contributed by atoms with Crippen molar-refractivity contribution in [2.45, 2.75) is 18.0 Å². The maximum absolute atomic E-state index is 11.9. The molecule has 0 aromatic heterocycles. The van der Waals surface area contributed by atoms with Gasteiger partial charge in [-0.2, -0.15) is 13.2 Å². The Bertz CT molecular complexity index is 513. The number of halogens is 4. The Balaban J connectivity index is 3.02. The van der Waals surface area contributed by atoms with Gasteiger partial charge in [0.1, 0.15) is 6.54 Å². The van der Waals surface area contributed by atoms with Crippen molar-refractivity contribution in [3.8, 4) is 0 Å². The molecule has 0 heterocycles. The topological polar surface area (TPSA) is 46.2 Å². The van der Waals surface area contributed by atoms with Gasteiger partial charge in [0, 0.05) is 4.47 Å². The highest BCUT2D eigenvalue weighted by Gasteiger charge is 2.30. The van der Waals surface area contributed by atoms with E-state index in [4.69, 9.17) is 0 Å². The van der Waals surface area contributed by atoms with E-state index in [1.807, 2.05) is 0 Å². The molecule has 8 heteroatoms. The van der Waals surface area contributed by atoms with Crippen LogP contribution in [-0.4, -0.2) is 21.1 Å². The minimum atomic E-state index is -4.58. The zero-order valence-electron chi connectivity index (χ0n) is 8.68. The summed E-state index contributed by atoms with van der Waals surface area (Å²) in [5.41, 5.74) is 0.378. The minimum absolute atomic E-state index is 0.170. The third-order valence-corrected chi connectivity index (χ3v) is 3.94. The van der Waals surface area contributed by atoms with E-state index in [0.29, 0.717) is 10.0 Å². The van der Waals surface area contributed by atoms with E-state index in [9.17, 15) is 21.6 Å². The Kier molecular flexibility index (Phi) is 4.21. The lowest BCUT2D eigenvalue weighted by Gasteiger charge is -2.11. The zero-order chi connectivity index (χ0) is 13.3. The van der Waals surface area contributed by atoms with Crippen molar-refractivity contribution >= 4 is 26.0 Å². The minimum Gasteiger partial charge on any atom is -0.207 e. The Hall–Kier alpha value is -0.600. The molecular weight excluding hydrogens is 323 g/mol. The Morgan fingerprint density at radius 3 is 2.47 bits per heavy atom. The van der Waals surface area contributed by atoms with E-state index in [2.05, 4.69) is 15.9 Å². The summed E-state index contributed by atoms with van der Waals surface area (Å²) in [5, 5.41) is 0. The summed E-state index contributed by atoms with van der Waals surface area (Å²) >= 11 is 3.06. The van der Waals surface area contributed by atoms with E-state index >= 15 is 0 Å². The van der Waals surface area contributed by atoms with Crippen LogP contribution in [0.3, 0.4) is 0 Å². The van der Waals surface area contributed by atoms with Crippen molar-refractivity contribution in [1.82, 2.24) is 4.72 Å². The molecule has 0 spiro atoms. The molecule has 17 heavy (non-hydrogen) atoms. The van der Waals surface area contributed by atoms with Crippen LogP contribution in [0.2, 0.25) is 0 Å². The first-order valence-electron chi connectivity index (χ1n) is 4.44. The summed E-state index contributed by atoms with van der Waals surface area (Å²) in [6.45, 7) is -0.0735. The van der Waals surface area contributed by atoms with Crippen LogP contribution in [-0.2, 0) is 10.0 Å². The van der Waals surface area contributed by atoms with Crippen molar-refractivity contribution in [1.29, 1.82) is 0 Å². The van der Waals surface area contributed by atoms with Crippen molar-refractivity contribution in [3.05, 3.63) is 28.2 Å². The Morgan fingerprint density at radius 1 is 1.35 bits per heavy atom. The van der Waals surface area contributed by atoms with E-state index in [1.165, 1.54) is 23.8 Å². The van der Waals surface area contributed by atoms with Gasteiger partial charge in [0.2, 0.25) is 10.0 Å². The molecule has 0 atom stereocenters. The molecule has 1 rings (SSSR count). The molecule has 1 aromatic rings. The average Bonchev–Trinajstić information content (AvgIpc) is 2.18. The van der Waals surface area contributed by atoms with Gasteiger partial charge in [-0.3, -0.25) is 0 Å². The van der Waals surface area contributed by atoms with Gasteiger partial charge >= 0.3 is 6.18 Å². The monoisotopic (exact) mass is 331 g/mol. The zero-order valence-corrected chi connectivity index (χ0v) is 11.1. The molecule has 0 radical (unpaired) electrons. The molecule has 0 unspecified atom stereocenters. The summed E-state index contributed by atoms with van der Waals surface area (Å²) in [6, 6.07) is 4.37. The summed E-state index contributed by atoms with van der Waals surface area (Å²) in [7, 11) is -4.15. The normalized spacial score (nSPS) is 12.8. The average molecular weight is 332 g/mol. The van der Waals surface area contributed by atoms with Crippen LogP contribution >= 0.6 is 15.9 Å². The first-order valence-corrected chi connectivity index (χ1v) is 6.72. The van der Waals surface area contributed by atoms with Crippen molar-refractivity contribution in [2.24, 2.45) is 0 Å². The number of rotatable bonds is 3. The second-order valence-corrected chi connectivity index (χ2v) is 6.00. The largest absolute Gasteiger partial charge is 0.402 e. The van der Waals surface area contributed by atoms with Crippen LogP contribution in [0, 0.1) is 6.92 Å². The number of alkyl halides is 3. The fraction of sp³-hybridized carbons (Fsp3) is 0.333. The third kappa shape index (κ3) is 4.29. The molecule has 96 valence electrons. The molecule has 0 aliphatic carbocycles. The lowest BCUT2D eigenvalue weighted by atomic mass is 10.2. The number of benzene rings is 1. The lowest BCUT2D eigenvalue weighted by Crippen LogP contribution is -2.34. The summed E-state index contributed by atoms with van der Waals surface area (Å²) < 4.78 is 61.1. The van der Waals surface area contributed by atoms with Crippen molar-refractivity contribution in [2.75, 3.05) is 6.54 Å². The predicted octanol–water partition coefficient (Wildman–Crippen LogP) is 2.60. The molecule has 0 saturated carbocycles. The van der Waals surface area contributed by atoms with Crippen LogP contribution in [0.25, 0.3) is 0 Å². The van der Waals surface area contributed by atoms with Gasteiger partial charge in [0.05, 0.1) is 4.90 Å².